The average molecular weight is 529 g/mol. The highest BCUT2D eigenvalue weighted by Crippen LogP contribution is 2.50. The molecule has 2 aliphatic rings. The van der Waals surface area contributed by atoms with Crippen molar-refractivity contribution in [2.24, 2.45) is 17.3 Å². The highest BCUT2D eigenvalue weighted by molar-refractivity contribution is 6.33. The summed E-state index contributed by atoms with van der Waals surface area (Å²) in [6, 6.07) is 5.85. The summed E-state index contributed by atoms with van der Waals surface area (Å²) in [5.74, 6) is 2.11. The van der Waals surface area contributed by atoms with E-state index in [1.807, 2.05) is 19.1 Å². The van der Waals surface area contributed by atoms with Crippen LogP contribution in [0.4, 0.5) is 5.69 Å². The minimum Gasteiger partial charge on any atom is -0.481 e. The van der Waals surface area contributed by atoms with Gasteiger partial charge in [0.2, 0.25) is 5.91 Å². The van der Waals surface area contributed by atoms with Crippen molar-refractivity contribution >= 4 is 29.2 Å². The van der Waals surface area contributed by atoms with Crippen LogP contribution in [0.15, 0.2) is 18.2 Å². The van der Waals surface area contributed by atoms with E-state index in [4.69, 9.17) is 11.6 Å². The topological polar surface area (TPSA) is 97.1 Å². The Bertz CT molecular complexity index is 1130. The normalized spacial score (nSPS) is 20.5. The van der Waals surface area contributed by atoms with Gasteiger partial charge in [-0.25, -0.2) is 0 Å². The molecule has 2 N–H and O–H groups in total. The zero-order valence-corrected chi connectivity index (χ0v) is 23.5. The van der Waals surface area contributed by atoms with Crippen LogP contribution in [-0.4, -0.2) is 31.7 Å². The first-order valence-electron chi connectivity index (χ1n) is 13.7. The Morgan fingerprint density at radius 2 is 1.92 bits per heavy atom. The Labute approximate surface area is 225 Å². The molecular formula is C29H41ClN4O3. The molecule has 2 aliphatic carbocycles. The van der Waals surface area contributed by atoms with Crippen LogP contribution in [0.2, 0.25) is 5.02 Å². The maximum absolute atomic E-state index is 13.0. The molecule has 2 aromatic rings. The average Bonchev–Trinajstić information content (AvgIpc) is 3.53. The van der Waals surface area contributed by atoms with E-state index in [-0.39, 0.29) is 24.7 Å². The monoisotopic (exact) mass is 528 g/mol. The van der Waals surface area contributed by atoms with Crippen LogP contribution in [0.5, 0.6) is 0 Å². The summed E-state index contributed by atoms with van der Waals surface area (Å²) in [5.41, 5.74) is 1.89. The van der Waals surface area contributed by atoms with Crippen molar-refractivity contribution in [2.75, 3.05) is 5.32 Å². The molecule has 1 aromatic heterocycles. The predicted molar refractivity (Wildman–Crippen MR) is 146 cm³/mol. The molecule has 1 atom stereocenters. The second kappa shape index (κ2) is 11.1. The lowest BCUT2D eigenvalue weighted by molar-refractivity contribution is -0.137. The first-order chi connectivity index (χ1) is 17.4. The largest absolute Gasteiger partial charge is 0.481 e. The summed E-state index contributed by atoms with van der Waals surface area (Å²) in [6.45, 7) is 11.3. The Morgan fingerprint density at radius 3 is 2.51 bits per heavy atom. The van der Waals surface area contributed by atoms with Crippen molar-refractivity contribution < 1.29 is 14.7 Å². The summed E-state index contributed by atoms with van der Waals surface area (Å²) >= 11 is 6.32. The van der Waals surface area contributed by atoms with Gasteiger partial charge in [0.05, 0.1) is 10.7 Å². The van der Waals surface area contributed by atoms with Crippen molar-refractivity contribution in [3.8, 4) is 0 Å². The van der Waals surface area contributed by atoms with Crippen molar-refractivity contribution in [2.45, 2.75) is 104 Å². The lowest BCUT2D eigenvalue weighted by Gasteiger charge is -2.41. The molecule has 1 heterocycles. The quantitative estimate of drug-likeness (QED) is 0.305. The van der Waals surface area contributed by atoms with Gasteiger partial charge in [0, 0.05) is 30.7 Å². The maximum Gasteiger partial charge on any atom is 0.303 e. The summed E-state index contributed by atoms with van der Waals surface area (Å²) < 4.78 is 2.26. The predicted octanol–water partition coefficient (Wildman–Crippen LogP) is 7.12. The fourth-order valence-corrected chi connectivity index (χ4v) is 5.72. The van der Waals surface area contributed by atoms with Crippen LogP contribution >= 0.6 is 11.6 Å². The molecule has 0 aliphatic heterocycles. The molecule has 0 unspecified atom stereocenters. The van der Waals surface area contributed by atoms with Gasteiger partial charge in [0.1, 0.15) is 11.6 Å². The fourth-order valence-electron chi connectivity index (χ4n) is 5.44. The number of rotatable bonds is 12. The lowest BCUT2D eigenvalue weighted by atomic mass is 9.65. The zero-order valence-electron chi connectivity index (χ0n) is 22.8. The SMILES string of the molecule is Cc1ccc(NC(=O)C[C@H](CCC(=O)O)c2nnc(C3CC(CC(C)(C)C(C)C)C3)n2C2CC2)c(Cl)c1. The van der Waals surface area contributed by atoms with Gasteiger partial charge in [-0.15, -0.1) is 10.2 Å². The first-order valence-corrected chi connectivity index (χ1v) is 14.0. The number of halogens is 1. The lowest BCUT2D eigenvalue weighted by Crippen LogP contribution is -2.31. The molecular weight excluding hydrogens is 488 g/mol. The van der Waals surface area contributed by atoms with Crippen LogP contribution in [0, 0.1) is 24.2 Å². The minimum atomic E-state index is -0.876. The number of amides is 1. The number of aromatic nitrogens is 3. The van der Waals surface area contributed by atoms with Crippen molar-refractivity contribution in [1.82, 2.24) is 14.8 Å². The Kier molecular flexibility index (Phi) is 8.32. The molecule has 0 saturated heterocycles. The summed E-state index contributed by atoms with van der Waals surface area (Å²) in [5, 5.41) is 22.0. The molecule has 2 fully saturated rings. The molecule has 37 heavy (non-hydrogen) atoms. The number of carboxylic acids is 1. The number of nitrogens with zero attached hydrogens (tertiary/aromatic N) is 3. The molecule has 7 nitrogen and oxygen atoms in total. The van der Waals surface area contributed by atoms with Crippen molar-refractivity contribution in [1.29, 1.82) is 0 Å². The number of carboxylic acid groups (broad SMARTS) is 1. The van der Waals surface area contributed by atoms with Gasteiger partial charge in [0.15, 0.2) is 0 Å². The molecule has 8 heteroatoms. The number of carbonyl (C=O) groups is 2. The van der Waals surface area contributed by atoms with Crippen LogP contribution in [0.25, 0.3) is 0 Å². The number of hydrogen-bond donors (Lipinski definition) is 2. The number of aliphatic carboxylic acids is 1. The Hall–Kier alpha value is -2.41. The number of hydrogen-bond acceptors (Lipinski definition) is 4. The van der Waals surface area contributed by atoms with Gasteiger partial charge in [0.25, 0.3) is 0 Å². The third kappa shape index (κ3) is 6.73. The number of benzene rings is 1. The van der Waals surface area contributed by atoms with Gasteiger partial charge in [-0.2, -0.15) is 0 Å². The van der Waals surface area contributed by atoms with Gasteiger partial charge < -0.3 is 15.0 Å². The number of anilines is 1. The highest BCUT2D eigenvalue weighted by Gasteiger charge is 2.41. The molecule has 1 aromatic carbocycles. The molecule has 1 amide bonds. The Balaban J connectivity index is 1.50. The molecule has 0 radical (unpaired) electrons. The van der Waals surface area contributed by atoms with Crippen LogP contribution in [0.1, 0.15) is 114 Å². The van der Waals surface area contributed by atoms with E-state index in [0.29, 0.717) is 46.3 Å². The van der Waals surface area contributed by atoms with Gasteiger partial charge in [-0.3, -0.25) is 9.59 Å². The van der Waals surface area contributed by atoms with Gasteiger partial charge in [-0.1, -0.05) is 45.4 Å². The minimum absolute atomic E-state index is 0.0219. The van der Waals surface area contributed by atoms with E-state index in [1.165, 1.54) is 6.42 Å². The van der Waals surface area contributed by atoms with E-state index in [9.17, 15) is 14.7 Å². The zero-order chi connectivity index (χ0) is 26.9. The third-order valence-electron chi connectivity index (χ3n) is 8.54. The maximum atomic E-state index is 13.0. The second-order valence-electron chi connectivity index (χ2n) is 12.3. The fraction of sp³-hybridized carbons (Fsp3) is 0.655. The summed E-state index contributed by atoms with van der Waals surface area (Å²) in [7, 11) is 0. The van der Waals surface area contributed by atoms with Gasteiger partial charge >= 0.3 is 5.97 Å². The van der Waals surface area contributed by atoms with Crippen LogP contribution < -0.4 is 5.32 Å². The van der Waals surface area contributed by atoms with Gasteiger partial charge in [-0.05, 0) is 80.4 Å². The van der Waals surface area contributed by atoms with E-state index in [2.05, 4.69) is 47.8 Å². The third-order valence-corrected chi connectivity index (χ3v) is 8.85. The number of carbonyl (C=O) groups excluding carboxylic acids is 1. The Morgan fingerprint density at radius 1 is 1.22 bits per heavy atom. The van der Waals surface area contributed by atoms with Crippen LogP contribution in [-0.2, 0) is 9.59 Å². The smallest absolute Gasteiger partial charge is 0.303 e. The van der Waals surface area contributed by atoms with E-state index in [0.717, 1.165) is 42.9 Å². The van der Waals surface area contributed by atoms with E-state index in [1.54, 1.807) is 6.07 Å². The second-order valence-corrected chi connectivity index (χ2v) is 12.7. The van der Waals surface area contributed by atoms with E-state index >= 15 is 0 Å². The molecule has 4 rings (SSSR count). The first kappa shape index (κ1) is 27.6. The highest BCUT2D eigenvalue weighted by atomic mass is 35.5. The number of aryl methyl sites for hydroxylation is 1. The van der Waals surface area contributed by atoms with Crippen molar-refractivity contribution in [3.63, 3.8) is 0 Å². The summed E-state index contributed by atoms with van der Waals surface area (Å²) in [6.07, 6.45) is 6.06. The standard InChI is InChI=1S/C29H41ClN4O3/c1-17(2)29(4,5)16-19-13-21(14-19)28-33-32-27(34(28)22-8-9-22)20(7-11-26(36)37)15-25(35)31-24-10-6-18(3)12-23(24)30/h6,10,12,17,19-22H,7-9,11,13-16H2,1-5H3,(H,31,35)(H,36,37)/t19?,20-,21?/m0/s1. The van der Waals surface area contributed by atoms with Crippen molar-refractivity contribution in [3.05, 3.63) is 40.4 Å². The molecule has 2 saturated carbocycles. The number of nitrogens with one attached hydrogen (secondary N) is 1. The molecule has 202 valence electrons. The molecule has 0 spiro atoms. The van der Waals surface area contributed by atoms with Crippen LogP contribution in [0.3, 0.4) is 0 Å². The summed E-state index contributed by atoms with van der Waals surface area (Å²) in [4.78, 5) is 24.5. The molecule has 0 bridgehead atoms. The van der Waals surface area contributed by atoms with E-state index < -0.39 is 5.97 Å².